The molecule has 2 heteroatoms. The third-order valence-corrected chi connectivity index (χ3v) is 3.64. The zero-order chi connectivity index (χ0) is 11.1. The van der Waals surface area contributed by atoms with E-state index in [2.05, 4.69) is 20.8 Å². The van der Waals surface area contributed by atoms with Gasteiger partial charge < -0.3 is 9.22 Å². The normalized spacial score (nSPS) is 20.6. The van der Waals surface area contributed by atoms with Crippen LogP contribution in [0.15, 0.2) is 0 Å². The highest BCUT2D eigenvalue weighted by Gasteiger charge is 2.35. The molecule has 1 rings (SSSR count). The molecule has 0 aromatic rings. The van der Waals surface area contributed by atoms with E-state index < -0.39 is 0 Å². The van der Waals surface area contributed by atoms with Crippen LogP contribution in [0.3, 0.4) is 0 Å². The third kappa shape index (κ3) is 4.52. The van der Waals surface area contributed by atoms with Crippen LogP contribution in [0, 0.1) is 0 Å². The summed E-state index contributed by atoms with van der Waals surface area (Å²) in [4.78, 5) is 0. The van der Waals surface area contributed by atoms with Gasteiger partial charge in [-0.25, -0.2) is 0 Å². The van der Waals surface area contributed by atoms with E-state index in [1.807, 2.05) is 0 Å². The van der Waals surface area contributed by atoms with Gasteiger partial charge in [0.05, 0.1) is 26.2 Å². The number of ether oxygens (including phenoxy) is 1. The molecule has 2 nitrogen and oxygen atoms in total. The molecular weight excluding hydrogens is 186 g/mol. The Morgan fingerprint density at radius 2 is 1.60 bits per heavy atom. The van der Waals surface area contributed by atoms with E-state index in [1.54, 1.807) is 0 Å². The van der Waals surface area contributed by atoms with Crippen molar-refractivity contribution in [1.29, 1.82) is 0 Å². The lowest BCUT2D eigenvalue weighted by molar-refractivity contribution is -0.927. The minimum Gasteiger partial charge on any atom is -0.367 e. The average molecular weight is 214 g/mol. The molecule has 1 heterocycles. The molecule has 1 saturated heterocycles. The molecule has 0 radical (unpaired) electrons. The monoisotopic (exact) mass is 214 g/mol. The standard InChI is InChI=1S/C13H28NO/c1-4-7-9-14(6-3,10-8-5-2)11-13-12-15-13/h13H,4-12H2,1-3H3/q+1. The highest BCUT2D eigenvalue weighted by Crippen LogP contribution is 2.19. The Balaban J connectivity index is 2.43. The van der Waals surface area contributed by atoms with Crippen LogP contribution in [0.2, 0.25) is 0 Å². The second kappa shape index (κ2) is 6.49. The van der Waals surface area contributed by atoms with E-state index in [0.717, 1.165) is 6.61 Å². The van der Waals surface area contributed by atoms with Crippen molar-refractivity contribution in [2.45, 2.75) is 52.6 Å². The quantitative estimate of drug-likeness (QED) is 0.425. The number of rotatable bonds is 9. The Labute approximate surface area is 95.2 Å². The van der Waals surface area contributed by atoms with Crippen LogP contribution < -0.4 is 0 Å². The van der Waals surface area contributed by atoms with E-state index in [1.165, 1.54) is 56.3 Å². The second-order valence-corrected chi connectivity index (χ2v) is 4.95. The lowest BCUT2D eigenvalue weighted by atomic mass is 10.2. The van der Waals surface area contributed by atoms with Gasteiger partial charge in [-0.15, -0.1) is 0 Å². The second-order valence-electron chi connectivity index (χ2n) is 4.95. The molecule has 0 aromatic heterocycles. The number of epoxide rings is 1. The summed E-state index contributed by atoms with van der Waals surface area (Å²) in [6.07, 6.45) is 5.95. The predicted molar refractivity (Wildman–Crippen MR) is 65.0 cm³/mol. The Morgan fingerprint density at radius 1 is 1.07 bits per heavy atom. The summed E-state index contributed by atoms with van der Waals surface area (Å²) in [5, 5.41) is 0. The Bertz CT molecular complexity index is 158. The van der Waals surface area contributed by atoms with E-state index in [9.17, 15) is 0 Å². The number of likely N-dealkylation sites (N-methyl/N-ethyl adjacent to an activating group) is 1. The fourth-order valence-electron chi connectivity index (χ4n) is 2.33. The lowest BCUT2D eigenvalue weighted by Gasteiger charge is -2.37. The van der Waals surface area contributed by atoms with E-state index in [4.69, 9.17) is 4.74 Å². The van der Waals surface area contributed by atoms with Gasteiger partial charge in [-0.1, -0.05) is 26.7 Å². The first-order chi connectivity index (χ1) is 7.26. The molecule has 15 heavy (non-hydrogen) atoms. The summed E-state index contributed by atoms with van der Waals surface area (Å²) in [7, 11) is 0. The first-order valence-electron chi connectivity index (χ1n) is 6.73. The van der Waals surface area contributed by atoms with Gasteiger partial charge in [0, 0.05) is 0 Å². The molecule has 0 aromatic carbocycles. The summed E-state index contributed by atoms with van der Waals surface area (Å²) in [6, 6.07) is 0. The Kier molecular flexibility index (Phi) is 5.62. The first kappa shape index (κ1) is 13.0. The first-order valence-corrected chi connectivity index (χ1v) is 6.73. The van der Waals surface area contributed by atoms with Crippen LogP contribution in [0.25, 0.3) is 0 Å². The largest absolute Gasteiger partial charge is 0.367 e. The summed E-state index contributed by atoms with van der Waals surface area (Å²) in [5.41, 5.74) is 0. The summed E-state index contributed by atoms with van der Waals surface area (Å²) < 4.78 is 6.71. The van der Waals surface area contributed by atoms with E-state index >= 15 is 0 Å². The highest BCUT2D eigenvalue weighted by atomic mass is 16.6. The van der Waals surface area contributed by atoms with Gasteiger partial charge in [0.15, 0.2) is 0 Å². The van der Waals surface area contributed by atoms with Crippen molar-refractivity contribution in [3.8, 4) is 0 Å². The number of quaternary nitrogens is 1. The van der Waals surface area contributed by atoms with Gasteiger partial charge in [-0.2, -0.15) is 0 Å². The maximum atomic E-state index is 5.41. The Hall–Kier alpha value is -0.0800. The molecule has 1 unspecified atom stereocenters. The molecule has 0 N–H and O–H groups in total. The van der Waals surface area contributed by atoms with Crippen molar-refractivity contribution in [1.82, 2.24) is 0 Å². The predicted octanol–water partition coefficient (Wildman–Crippen LogP) is 2.82. The Morgan fingerprint density at radius 3 is 1.93 bits per heavy atom. The smallest absolute Gasteiger partial charge is 0.130 e. The van der Waals surface area contributed by atoms with Crippen LogP contribution in [0.4, 0.5) is 0 Å². The maximum Gasteiger partial charge on any atom is 0.130 e. The number of unbranched alkanes of at least 4 members (excludes halogenated alkanes) is 2. The SMILES string of the molecule is CCCC[N+](CC)(CCCC)CC1CO1. The summed E-state index contributed by atoms with van der Waals surface area (Å²) >= 11 is 0. The lowest BCUT2D eigenvalue weighted by Crippen LogP contribution is -2.51. The molecular formula is C13H28NO+. The molecule has 0 bridgehead atoms. The van der Waals surface area contributed by atoms with Crippen LogP contribution in [0.5, 0.6) is 0 Å². The van der Waals surface area contributed by atoms with E-state index in [-0.39, 0.29) is 0 Å². The van der Waals surface area contributed by atoms with E-state index in [0.29, 0.717) is 6.10 Å². The molecule has 0 spiro atoms. The van der Waals surface area contributed by atoms with Gasteiger partial charge in [0.2, 0.25) is 0 Å². The van der Waals surface area contributed by atoms with Crippen LogP contribution in [-0.4, -0.2) is 43.4 Å². The molecule has 1 atom stereocenters. The van der Waals surface area contributed by atoms with Crippen molar-refractivity contribution in [2.24, 2.45) is 0 Å². The number of hydrogen-bond donors (Lipinski definition) is 0. The van der Waals surface area contributed by atoms with Crippen molar-refractivity contribution < 1.29 is 9.22 Å². The molecule has 0 amide bonds. The van der Waals surface area contributed by atoms with Crippen molar-refractivity contribution in [3.05, 3.63) is 0 Å². The van der Waals surface area contributed by atoms with Gasteiger partial charge in [-0.3, -0.25) is 0 Å². The van der Waals surface area contributed by atoms with Crippen molar-refractivity contribution in [3.63, 3.8) is 0 Å². The van der Waals surface area contributed by atoms with Crippen LogP contribution in [0.1, 0.15) is 46.5 Å². The van der Waals surface area contributed by atoms with Crippen molar-refractivity contribution in [2.75, 3.05) is 32.8 Å². The minimum atomic E-state index is 0.582. The van der Waals surface area contributed by atoms with Gasteiger partial charge in [0.25, 0.3) is 0 Å². The van der Waals surface area contributed by atoms with Crippen LogP contribution in [-0.2, 0) is 4.74 Å². The molecule has 1 fully saturated rings. The maximum absolute atomic E-state index is 5.41. The minimum absolute atomic E-state index is 0.582. The van der Waals surface area contributed by atoms with Crippen molar-refractivity contribution >= 4 is 0 Å². The van der Waals surface area contributed by atoms with Crippen LogP contribution >= 0.6 is 0 Å². The van der Waals surface area contributed by atoms with Gasteiger partial charge in [-0.05, 0) is 19.8 Å². The highest BCUT2D eigenvalue weighted by molar-refractivity contribution is 4.68. The summed E-state index contributed by atoms with van der Waals surface area (Å²) in [5.74, 6) is 0. The fraction of sp³-hybridized carbons (Fsp3) is 1.00. The number of hydrogen-bond acceptors (Lipinski definition) is 1. The molecule has 0 aliphatic carbocycles. The average Bonchev–Trinajstić information content (AvgIpc) is 3.06. The topological polar surface area (TPSA) is 12.5 Å². The zero-order valence-electron chi connectivity index (χ0n) is 10.8. The van der Waals surface area contributed by atoms with Gasteiger partial charge in [0.1, 0.15) is 12.6 Å². The fourth-order valence-corrected chi connectivity index (χ4v) is 2.33. The molecule has 90 valence electrons. The molecule has 1 aliphatic heterocycles. The zero-order valence-corrected chi connectivity index (χ0v) is 10.8. The molecule has 1 aliphatic rings. The molecule has 0 saturated carbocycles. The van der Waals surface area contributed by atoms with Gasteiger partial charge >= 0.3 is 0 Å². The number of nitrogens with zero attached hydrogens (tertiary/aromatic N) is 1. The third-order valence-electron chi connectivity index (χ3n) is 3.64. The summed E-state index contributed by atoms with van der Waals surface area (Å²) in [6.45, 7) is 13.2.